The first-order valence-electron chi connectivity index (χ1n) is 5.97. The molecule has 0 bridgehead atoms. The van der Waals surface area contributed by atoms with E-state index in [-0.39, 0.29) is 12.0 Å². The Hall–Kier alpha value is -0.910. The second-order valence-electron chi connectivity index (χ2n) is 5.38. The van der Waals surface area contributed by atoms with Gasteiger partial charge in [-0.3, -0.25) is 4.68 Å². The number of hydrogen-bond acceptors (Lipinski definition) is 4. The fourth-order valence-corrected chi connectivity index (χ4v) is 1.88. The van der Waals surface area contributed by atoms with Crippen LogP contribution in [0.3, 0.4) is 0 Å². The fourth-order valence-electron chi connectivity index (χ4n) is 1.88. The van der Waals surface area contributed by atoms with Crippen molar-refractivity contribution in [1.82, 2.24) is 14.7 Å². The second kappa shape index (κ2) is 6.14. The smallest absolute Gasteiger partial charge is 0.0640 e. The Labute approximate surface area is 103 Å². The zero-order chi connectivity index (χ0) is 12.9. The van der Waals surface area contributed by atoms with Gasteiger partial charge in [0.05, 0.1) is 19.3 Å². The quantitative estimate of drug-likeness (QED) is 0.719. The van der Waals surface area contributed by atoms with E-state index < -0.39 is 0 Å². The van der Waals surface area contributed by atoms with Gasteiger partial charge >= 0.3 is 0 Å². The number of aliphatic hydroxyl groups excluding tert-OH is 1. The van der Waals surface area contributed by atoms with E-state index in [0.29, 0.717) is 13.1 Å². The normalized spacial score (nSPS) is 12.4. The Bertz CT molecular complexity index is 335. The Balaban J connectivity index is 2.47. The maximum Gasteiger partial charge on any atom is 0.0640 e. The molecule has 98 valence electrons. The molecule has 0 radical (unpaired) electrons. The molecule has 0 fully saturated rings. The number of rotatable bonds is 7. The number of hydrogen-bond donors (Lipinski definition) is 2. The Morgan fingerprint density at radius 1 is 1.53 bits per heavy atom. The lowest BCUT2D eigenvalue weighted by atomic mass is 9.93. The minimum Gasteiger partial charge on any atom is -0.394 e. The molecule has 0 saturated carbocycles. The van der Waals surface area contributed by atoms with Crippen molar-refractivity contribution in [1.29, 1.82) is 0 Å². The van der Waals surface area contributed by atoms with Gasteiger partial charge in [-0.15, -0.1) is 0 Å². The molecule has 3 N–H and O–H groups in total. The predicted octanol–water partition coefficient (Wildman–Crippen LogP) is 0.292. The van der Waals surface area contributed by atoms with Gasteiger partial charge in [0.15, 0.2) is 0 Å². The maximum atomic E-state index is 8.81. The highest BCUT2D eigenvalue weighted by atomic mass is 16.3. The average molecular weight is 240 g/mol. The molecule has 0 amide bonds. The van der Waals surface area contributed by atoms with E-state index in [9.17, 15) is 0 Å². The molecule has 5 heteroatoms. The summed E-state index contributed by atoms with van der Waals surface area (Å²) in [5, 5.41) is 13.0. The van der Waals surface area contributed by atoms with Crippen molar-refractivity contribution in [3.63, 3.8) is 0 Å². The molecule has 0 unspecified atom stereocenters. The van der Waals surface area contributed by atoms with Crippen LogP contribution in [0.5, 0.6) is 0 Å². The number of aliphatic hydroxyl groups is 1. The van der Waals surface area contributed by atoms with Crippen LogP contribution in [0, 0.1) is 5.41 Å². The van der Waals surface area contributed by atoms with Crippen LogP contribution in [0.4, 0.5) is 0 Å². The molecular weight excluding hydrogens is 216 g/mol. The topological polar surface area (TPSA) is 67.3 Å². The molecule has 0 aliphatic heterocycles. The van der Waals surface area contributed by atoms with E-state index in [0.717, 1.165) is 18.7 Å². The van der Waals surface area contributed by atoms with Crippen LogP contribution in [0.25, 0.3) is 0 Å². The molecule has 5 nitrogen and oxygen atoms in total. The molecule has 1 aromatic rings. The number of nitrogens with two attached hydrogens (primary N) is 1. The van der Waals surface area contributed by atoms with Gasteiger partial charge in [0, 0.05) is 24.8 Å². The molecule has 0 atom stereocenters. The fraction of sp³-hybridized carbons (Fsp3) is 0.750. The summed E-state index contributed by atoms with van der Waals surface area (Å²) in [7, 11) is 2.08. The van der Waals surface area contributed by atoms with Crippen LogP contribution in [0.2, 0.25) is 0 Å². The highest BCUT2D eigenvalue weighted by Crippen LogP contribution is 2.15. The van der Waals surface area contributed by atoms with E-state index in [1.165, 1.54) is 0 Å². The van der Waals surface area contributed by atoms with E-state index in [1.54, 1.807) is 4.68 Å². The summed E-state index contributed by atoms with van der Waals surface area (Å²) in [5.74, 6) is 0. The van der Waals surface area contributed by atoms with E-state index in [2.05, 4.69) is 30.9 Å². The van der Waals surface area contributed by atoms with Crippen LogP contribution < -0.4 is 5.73 Å². The standard InChI is InChI=1S/C12H24N4O/c1-12(2,9-13)10-15(3)7-11-6-14-16(8-11)4-5-17/h6,8,17H,4-5,7,9-10,13H2,1-3H3. The van der Waals surface area contributed by atoms with Crippen molar-refractivity contribution in [2.75, 3.05) is 26.7 Å². The summed E-state index contributed by atoms with van der Waals surface area (Å²) in [6, 6.07) is 0. The summed E-state index contributed by atoms with van der Waals surface area (Å²) in [4.78, 5) is 2.24. The van der Waals surface area contributed by atoms with Crippen molar-refractivity contribution in [3.05, 3.63) is 18.0 Å². The van der Waals surface area contributed by atoms with Gasteiger partial charge in [-0.2, -0.15) is 5.10 Å². The third kappa shape index (κ3) is 4.85. The molecule has 0 aliphatic rings. The lowest BCUT2D eigenvalue weighted by Crippen LogP contribution is -2.36. The second-order valence-corrected chi connectivity index (χ2v) is 5.38. The molecule has 1 heterocycles. The molecule has 1 aromatic heterocycles. The van der Waals surface area contributed by atoms with Gasteiger partial charge in [0.2, 0.25) is 0 Å². The van der Waals surface area contributed by atoms with E-state index in [1.807, 2.05) is 12.4 Å². The summed E-state index contributed by atoms with van der Waals surface area (Å²) in [6.07, 6.45) is 3.82. The molecule has 0 spiro atoms. The summed E-state index contributed by atoms with van der Waals surface area (Å²) in [5.41, 5.74) is 7.02. The van der Waals surface area contributed by atoms with Crippen molar-refractivity contribution < 1.29 is 5.11 Å². The first kappa shape index (κ1) is 14.2. The maximum absolute atomic E-state index is 8.81. The Kier molecular flexibility index (Phi) is 5.11. The molecular formula is C12H24N4O. The highest BCUT2D eigenvalue weighted by Gasteiger charge is 2.18. The van der Waals surface area contributed by atoms with Crippen LogP contribution in [-0.4, -0.2) is 46.5 Å². The first-order chi connectivity index (χ1) is 7.96. The zero-order valence-corrected chi connectivity index (χ0v) is 11.1. The van der Waals surface area contributed by atoms with Gasteiger partial charge < -0.3 is 15.7 Å². The van der Waals surface area contributed by atoms with E-state index in [4.69, 9.17) is 10.8 Å². The van der Waals surface area contributed by atoms with Crippen molar-refractivity contribution in [2.45, 2.75) is 26.9 Å². The van der Waals surface area contributed by atoms with Crippen LogP contribution in [-0.2, 0) is 13.1 Å². The van der Waals surface area contributed by atoms with Gasteiger partial charge in [-0.1, -0.05) is 13.8 Å². The summed E-state index contributed by atoms with van der Waals surface area (Å²) in [6.45, 7) is 7.50. The third-order valence-electron chi connectivity index (χ3n) is 2.72. The van der Waals surface area contributed by atoms with Crippen molar-refractivity contribution in [2.24, 2.45) is 11.1 Å². The van der Waals surface area contributed by atoms with Crippen LogP contribution in [0.1, 0.15) is 19.4 Å². The lowest BCUT2D eigenvalue weighted by Gasteiger charge is -2.28. The van der Waals surface area contributed by atoms with Crippen LogP contribution >= 0.6 is 0 Å². The number of aromatic nitrogens is 2. The lowest BCUT2D eigenvalue weighted by molar-refractivity contribution is 0.210. The molecule has 17 heavy (non-hydrogen) atoms. The van der Waals surface area contributed by atoms with E-state index >= 15 is 0 Å². The molecule has 0 aromatic carbocycles. The molecule has 0 aliphatic carbocycles. The monoisotopic (exact) mass is 240 g/mol. The van der Waals surface area contributed by atoms with Crippen molar-refractivity contribution >= 4 is 0 Å². The molecule has 1 rings (SSSR count). The summed E-state index contributed by atoms with van der Waals surface area (Å²) < 4.78 is 1.76. The Morgan fingerprint density at radius 3 is 2.82 bits per heavy atom. The van der Waals surface area contributed by atoms with Gasteiger partial charge in [0.25, 0.3) is 0 Å². The largest absolute Gasteiger partial charge is 0.394 e. The zero-order valence-electron chi connectivity index (χ0n) is 11.1. The summed E-state index contributed by atoms with van der Waals surface area (Å²) >= 11 is 0. The Morgan fingerprint density at radius 2 is 2.24 bits per heavy atom. The average Bonchev–Trinajstić information content (AvgIpc) is 2.65. The number of nitrogens with zero attached hydrogens (tertiary/aromatic N) is 3. The van der Waals surface area contributed by atoms with Crippen LogP contribution in [0.15, 0.2) is 12.4 Å². The predicted molar refractivity (Wildman–Crippen MR) is 68.5 cm³/mol. The highest BCUT2D eigenvalue weighted by molar-refractivity contribution is 5.03. The molecule has 0 saturated heterocycles. The van der Waals surface area contributed by atoms with Gasteiger partial charge in [-0.05, 0) is 19.0 Å². The SMILES string of the molecule is CN(Cc1cnn(CCO)c1)CC(C)(C)CN. The first-order valence-corrected chi connectivity index (χ1v) is 5.97. The van der Waals surface area contributed by atoms with Gasteiger partial charge in [-0.25, -0.2) is 0 Å². The minimum atomic E-state index is 0.122. The van der Waals surface area contributed by atoms with Crippen molar-refractivity contribution in [3.8, 4) is 0 Å². The van der Waals surface area contributed by atoms with Gasteiger partial charge in [0.1, 0.15) is 0 Å². The minimum absolute atomic E-state index is 0.122. The third-order valence-corrected chi connectivity index (χ3v) is 2.72.